The van der Waals surface area contributed by atoms with Crippen LogP contribution in [0.2, 0.25) is 0 Å². The number of carbonyl (C=O) groups excluding carboxylic acids is 1. The first kappa shape index (κ1) is 14.4. The molecule has 1 heterocycles. The molecule has 0 saturated carbocycles. The van der Waals surface area contributed by atoms with Crippen molar-refractivity contribution in [1.29, 1.82) is 0 Å². The second-order valence-electron chi connectivity index (χ2n) is 6.06. The second kappa shape index (κ2) is 5.78. The third kappa shape index (κ3) is 2.53. The number of amides is 1. The molecule has 0 radical (unpaired) electrons. The Morgan fingerprint density at radius 3 is 3.04 bits per heavy atom. The largest absolute Gasteiger partial charge is 0.335 e. The van der Waals surface area contributed by atoms with Crippen LogP contribution in [0.5, 0.6) is 0 Å². The first-order valence-corrected chi connectivity index (χ1v) is 8.80. The van der Waals surface area contributed by atoms with E-state index < -0.39 is 0 Å². The molecule has 2 aromatic carbocycles. The molecule has 4 heteroatoms. The van der Waals surface area contributed by atoms with Crippen LogP contribution in [0.4, 0.5) is 0 Å². The van der Waals surface area contributed by atoms with Crippen molar-refractivity contribution in [3.05, 3.63) is 64.7 Å². The average Bonchev–Trinajstić information content (AvgIpc) is 3.07. The Hall–Kier alpha value is -2.20. The lowest BCUT2D eigenvalue weighted by Crippen LogP contribution is -2.33. The summed E-state index contributed by atoms with van der Waals surface area (Å²) in [5.74, 6) is 0.0852. The topological polar surface area (TPSA) is 33.2 Å². The number of aryl methyl sites for hydroxylation is 1. The quantitative estimate of drug-likeness (QED) is 0.698. The van der Waals surface area contributed by atoms with Gasteiger partial charge in [0.15, 0.2) is 0 Å². The summed E-state index contributed by atoms with van der Waals surface area (Å²) in [7, 11) is 1.92. The summed E-state index contributed by atoms with van der Waals surface area (Å²) in [6.45, 7) is 0. The van der Waals surface area contributed by atoms with E-state index >= 15 is 0 Å². The van der Waals surface area contributed by atoms with Crippen molar-refractivity contribution >= 4 is 27.5 Å². The lowest BCUT2D eigenvalue weighted by Gasteiger charge is -2.33. The van der Waals surface area contributed by atoms with Crippen LogP contribution in [0.1, 0.15) is 40.4 Å². The number of benzene rings is 2. The molecule has 116 valence electrons. The van der Waals surface area contributed by atoms with Gasteiger partial charge in [0.05, 0.1) is 21.8 Å². The van der Waals surface area contributed by atoms with Gasteiger partial charge in [0.25, 0.3) is 5.91 Å². The third-order valence-corrected chi connectivity index (χ3v) is 5.50. The normalized spacial score (nSPS) is 17.0. The standard InChI is InChI=1S/C19H18N2OS/c1-21(17-8-4-6-13-5-2-3-7-15(13)17)19(22)14-9-10-16-18(11-14)23-12-20-16/h2-3,5,7,9-12,17H,4,6,8H2,1H3/t17-/m0/s1. The summed E-state index contributed by atoms with van der Waals surface area (Å²) in [5, 5.41) is 0. The molecule has 4 rings (SSSR count). The van der Waals surface area contributed by atoms with E-state index in [4.69, 9.17) is 0 Å². The summed E-state index contributed by atoms with van der Waals surface area (Å²) in [6, 6.07) is 14.4. The highest BCUT2D eigenvalue weighted by molar-refractivity contribution is 7.16. The van der Waals surface area contributed by atoms with Crippen molar-refractivity contribution in [2.45, 2.75) is 25.3 Å². The predicted octanol–water partition coefficient (Wildman–Crippen LogP) is 4.45. The Kier molecular flexibility index (Phi) is 3.62. The molecule has 0 unspecified atom stereocenters. The van der Waals surface area contributed by atoms with Gasteiger partial charge in [-0.2, -0.15) is 0 Å². The van der Waals surface area contributed by atoms with Gasteiger partial charge in [0, 0.05) is 12.6 Å². The van der Waals surface area contributed by atoms with Crippen LogP contribution < -0.4 is 0 Å². The SMILES string of the molecule is CN(C(=O)c1ccc2ncsc2c1)[C@H]1CCCc2ccccc21. The van der Waals surface area contributed by atoms with Crippen LogP contribution in [0.3, 0.4) is 0 Å². The minimum atomic E-state index is 0.0852. The van der Waals surface area contributed by atoms with Crippen molar-refractivity contribution in [2.75, 3.05) is 7.05 Å². The van der Waals surface area contributed by atoms with Crippen LogP contribution in [0.15, 0.2) is 48.0 Å². The third-order valence-electron chi connectivity index (χ3n) is 4.70. The molecule has 0 fully saturated rings. The Morgan fingerprint density at radius 1 is 1.26 bits per heavy atom. The number of thiazole rings is 1. The van der Waals surface area contributed by atoms with E-state index in [0.717, 1.165) is 35.0 Å². The lowest BCUT2D eigenvalue weighted by atomic mass is 9.87. The summed E-state index contributed by atoms with van der Waals surface area (Å²) < 4.78 is 1.06. The fourth-order valence-corrected chi connectivity index (χ4v) is 4.18. The van der Waals surface area contributed by atoms with Gasteiger partial charge < -0.3 is 4.90 Å². The molecule has 0 bridgehead atoms. The Morgan fingerprint density at radius 2 is 2.13 bits per heavy atom. The molecule has 0 aliphatic heterocycles. The maximum Gasteiger partial charge on any atom is 0.254 e. The monoisotopic (exact) mass is 322 g/mol. The first-order chi connectivity index (χ1) is 11.2. The number of hydrogen-bond donors (Lipinski definition) is 0. The fourth-order valence-electron chi connectivity index (χ4n) is 3.46. The molecule has 1 aromatic heterocycles. The van der Waals surface area contributed by atoms with Crippen molar-refractivity contribution in [1.82, 2.24) is 9.88 Å². The second-order valence-corrected chi connectivity index (χ2v) is 6.94. The zero-order chi connectivity index (χ0) is 15.8. The Labute approximate surface area is 139 Å². The number of carbonyl (C=O) groups is 1. The number of nitrogens with zero attached hydrogens (tertiary/aromatic N) is 2. The number of aromatic nitrogens is 1. The minimum Gasteiger partial charge on any atom is -0.335 e. The van der Waals surface area contributed by atoms with Crippen LogP contribution in [-0.2, 0) is 6.42 Å². The smallest absolute Gasteiger partial charge is 0.254 e. The molecular weight excluding hydrogens is 304 g/mol. The van der Waals surface area contributed by atoms with Crippen molar-refractivity contribution in [2.24, 2.45) is 0 Å². The Bertz CT molecular complexity index is 870. The van der Waals surface area contributed by atoms with Crippen LogP contribution in [-0.4, -0.2) is 22.8 Å². The summed E-state index contributed by atoms with van der Waals surface area (Å²) in [5.41, 5.74) is 6.19. The zero-order valence-corrected chi connectivity index (χ0v) is 13.8. The van der Waals surface area contributed by atoms with E-state index in [1.807, 2.05) is 35.7 Å². The number of rotatable bonds is 2. The summed E-state index contributed by atoms with van der Waals surface area (Å²) in [6.07, 6.45) is 3.27. The van der Waals surface area contributed by atoms with Gasteiger partial charge in [0.1, 0.15) is 0 Å². The molecule has 1 aliphatic carbocycles. The van der Waals surface area contributed by atoms with Gasteiger partial charge in [-0.3, -0.25) is 4.79 Å². The van der Waals surface area contributed by atoms with Crippen molar-refractivity contribution in [3.63, 3.8) is 0 Å². The fraction of sp³-hybridized carbons (Fsp3) is 0.263. The van der Waals surface area contributed by atoms with Gasteiger partial charge >= 0.3 is 0 Å². The molecule has 23 heavy (non-hydrogen) atoms. The summed E-state index contributed by atoms with van der Waals surface area (Å²) in [4.78, 5) is 19.1. The van der Waals surface area contributed by atoms with E-state index in [9.17, 15) is 4.79 Å². The van der Waals surface area contributed by atoms with Crippen LogP contribution in [0, 0.1) is 0 Å². The minimum absolute atomic E-state index is 0.0852. The molecular formula is C19H18N2OS. The van der Waals surface area contributed by atoms with E-state index in [-0.39, 0.29) is 11.9 Å². The molecule has 3 nitrogen and oxygen atoms in total. The number of hydrogen-bond acceptors (Lipinski definition) is 3. The zero-order valence-electron chi connectivity index (χ0n) is 13.0. The first-order valence-electron chi connectivity index (χ1n) is 7.92. The maximum absolute atomic E-state index is 12.9. The molecule has 0 saturated heterocycles. The lowest BCUT2D eigenvalue weighted by molar-refractivity contribution is 0.0715. The molecule has 0 N–H and O–H groups in total. The molecule has 1 amide bonds. The highest BCUT2D eigenvalue weighted by Crippen LogP contribution is 2.34. The van der Waals surface area contributed by atoms with Gasteiger partial charge in [0.2, 0.25) is 0 Å². The molecule has 0 spiro atoms. The van der Waals surface area contributed by atoms with Crippen molar-refractivity contribution < 1.29 is 4.79 Å². The maximum atomic E-state index is 12.9. The van der Waals surface area contributed by atoms with E-state index in [0.29, 0.717) is 0 Å². The highest BCUT2D eigenvalue weighted by Gasteiger charge is 2.27. The van der Waals surface area contributed by atoms with E-state index in [1.54, 1.807) is 11.3 Å². The van der Waals surface area contributed by atoms with E-state index in [1.165, 1.54) is 11.1 Å². The Balaban J connectivity index is 1.66. The average molecular weight is 322 g/mol. The van der Waals surface area contributed by atoms with Gasteiger partial charge in [-0.05, 0) is 48.6 Å². The van der Waals surface area contributed by atoms with Crippen LogP contribution in [0.25, 0.3) is 10.2 Å². The van der Waals surface area contributed by atoms with Crippen LogP contribution >= 0.6 is 11.3 Å². The molecule has 1 atom stereocenters. The van der Waals surface area contributed by atoms with Gasteiger partial charge in [-0.25, -0.2) is 4.98 Å². The summed E-state index contributed by atoms with van der Waals surface area (Å²) >= 11 is 1.57. The van der Waals surface area contributed by atoms with Gasteiger partial charge in [-0.15, -0.1) is 11.3 Å². The van der Waals surface area contributed by atoms with E-state index in [2.05, 4.69) is 29.2 Å². The predicted molar refractivity (Wildman–Crippen MR) is 93.8 cm³/mol. The molecule has 1 aliphatic rings. The van der Waals surface area contributed by atoms with Gasteiger partial charge in [-0.1, -0.05) is 24.3 Å². The molecule has 3 aromatic rings. The highest BCUT2D eigenvalue weighted by atomic mass is 32.1. The van der Waals surface area contributed by atoms with Crippen molar-refractivity contribution in [3.8, 4) is 0 Å². The number of fused-ring (bicyclic) bond motifs is 2.